The van der Waals surface area contributed by atoms with Crippen molar-refractivity contribution in [1.82, 2.24) is 0 Å². The van der Waals surface area contributed by atoms with Gasteiger partial charge in [-0.05, 0) is 19.8 Å². The second-order valence-corrected chi connectivity index (χ2v) is 4.84. The Labute approximate surface area is 115 Å². The highest BCUT2D eigenvalue weighted by Gasteiger charge is 2.65. The Hall–Kier alpha value is -0.880. The largest absolute Gasteiger partial charge is 0.465 e. The van der Waals surface area contributed by atoms with Gasteiger partial charge in [-0.1, -0.05) is 39.0 Å². The molecule has 0 spiro atoms. The number of carbonyl (C=O) groups is 1. The van der Waals surface area contributed by atoms with E-state index in [1.54, 1.807) is 0 Å². The smallest absolute Gasteiger partial charge is 0.458 e. The molecule has 1 atom stereocenters. The summed E-state index contributed by atoms with van der Waals surface area (Å²) in [5.74, 6) is -7.97. The van der Waals surface area contributed by atoms with Crippen molar-refractivity contribution in [2.45, 2.75) is 77.0 Å². The lowest BCUT2D eigenvalue weighted by Crippen LogP contribution is -2.46. The Balaban J connectivity index is 3.97. The maximum atomic E-state index is 12.6. The van der Waals surface area contributed by atoms with Gasteiger partial charge in [0.25, 0.3) is 0 Å². The van der Waals surface area contributed by atoms with Crippen LogP contribution < -0.4 is 0 Å². The Morgan fingerprint density at radius 1 is 1.00 bits per heavy atom. The average molecular weight is 304 g/mol. The quantitative estimate of drug-likeness (QED) is 0.345. The molecule has 0 bridgehead atoms. The van der Waals surface area contributed by atoms with E-state index in [0.29, 0.717) is 6.42 Å². The van der Waals surface area contributed by atoms with Crippen LogP contribution >= 0.6 is 0 Å². The molecule has 1 unspecified atom stereocenters. The average Bonchev–Trinajstić information content (AvgIpc) is 2.32. The Kier molecular flexibility index (Phi) is 8.05. The van der Waals surface area contributed by atoms with Crippen molar-refractivity contribution in [2.75, 3.05) is 0 Å². The highest BCUT2D eigenvalue weighted by Crippen LogP contribution is 2.36. The minimum atomic E-state index is -5.91. The lowest BCUT2D eigenvalue weighted by Gasteiger charge is -2.20. The second kappa shape index (κ2) is 8.42. The molecule has 0 amide bonds. The third kappa shape index (κ3) is 6.52. The van der Waals surface area contributed by atoms with Gasteiger partial charge in [0.1, 0.15) is 0 Å². The molecule has 0 fully saturated rings. The molecule has 0 aromatic carbocycles. The van der Waals surface area contributed by atoms with Crippen LogP contribution in [0.4, 0.5) is 22.0 Å². The zero-order chi connectivity index (χ0) is 15.8. The van der Waals surface area contributed by atoms with E-state index in [1.165, 1.54) is 6.92 Å². The van der Waals surface area contributed by atoms with Crippen LogP contribution in [0.15, 0.2) is 0 Å². The molecule has 120 valence electrons. The first-order chi connectivity index (χ1) is 9.13. The zero-order valence-corrected chi connectivity index (χ0v) is 11.7. The van der Waals surface area contributed by atoms with Crippen LogP contribution in [0.25, 0.3) is 0 Å². The molecule has 0 radical (unpaired) electrons. The highest BCUT2D eigenvalue weighted by atomic mass is 19.4. The molecule has 0 heterocycles. The Morgan fingerprint density at radius 3 is 2.00 bits per heavy atom. The number of carbonyl (C=O) groups excluding carboxylic acids is 1. The Morgan fingerprint density at radius 2 is 1.50 bits per heavy atom. The van der Waals surface area contributed by atoms with Gasteiger partial charge in [-0.2, -0.15) is 22.0 Å². The molecule has 2 nitrogen and oxygen atoms in total. The van der Waals surface area contributed by atoms with Gasteiger partial charge in [-0.3, -0.25) is 0 Å². The van der Waals surface area contributed by atoms with Gasteiger partial charge in [-0.25, -0.2) is 4.79 Å². The number of rotatable bonds is 9. The monoisotopic (exact) mass is 304 g/mol. The molecule has 0 saturated heterocycles. The minimum absolute atomic E-state index is 0.284. The number of halogens is 5. The van der Waals surface area contributed by atoms with E-state index in [0.717, 1.165) is 32.1 Å². The fourth-order valence-electron chi connectivity index (χ4n) is 1.64. The van der Waals surface area contributed by atoms with Gasteiger partial charge >= 0.3 is 18.1 Å². The molecule has 7 heteroatoms. The third-order valence-corrected chi connectivity index (χ3v) is 2.88. The predicted molar refractivity (Wildman–Crippen MR) is 64.5 cm³/mol. The summed E-state index contributed by atoms with van der Waals surface area (Å²) in [4.78, 5) is 10.8. The number of hydrogen-bond donors (Lipinski definition) is 0. The van der Waals surface area contributed by atoms with Crippen LogP contribution in [-0.4, -0.2) is 24.2 Å². The molecular weight excluding hydrogens is 283 g/mol. The molecule has 0 aliphatic heterocycles. The number of alkyl halides is 5. The maximum absolute atomic E-state index is 12.6. The normalized spacial score (nSPS) is 14.2. The third-order valence-electron chi connectivity index (χ3n) is 2.88. The molecule has 0 aliphatic carbocycles. The fourth-order valence-corrected chi connectivity index (χ4v) is 1.64. The highest BCUT2D eigenvalue weighted by molar-refractivity contribution is 5.78. The molecule has 0 aliphatic rings. The molecular formula is C13H21F5O2. The van der Waals surface area contributed by atoms with E-state index in [-0.39, 0.29) is 6.42 Å². The van der Waals surface area contributed by atoms with E-state index in [2.05, 4.69) is 11.7 Å². The standard InChI is InChI=1S/C13H21F5O2/c1-3-4-5-6-7-8-9-10(2)20-11(19)12(14,15)13(16,17)18/h10H,3-9H2,1-2H3. The van der Waals surface area contributed by atoms with Crippen molar-refractivity contribution in [1.29, 1.82) is 0 Å². The Bertz CT molecular complexity index is 289. The molecule has 0 aromatic heterocycles. The van der Waals surface area contributed by atoms with Crippen molar-refractivity contribution in [3.63, 3.8) is 0 Å². The van der Waals surface area contributed by atoms with Gasteiger partial charge in [0.2, 0.25) is 0 Å². The first-order valence-corrected chi connectivity index (χ1v) is 6.78. The van der Waals surface area contributed by atoms with Crippen molar-refractivity contribution >= 4 is 5.97 Å². The van der Waals surface area contributed by atoms with Crippen LogP contribution in [0.2, 0.25) is 0 Å². The van der Waals surface area contributed by atoms with E-state index in [1.807, 2.05) is 0 Å². The molecule has 0 saturated carbocycles. The van der Waals surface area contributed by atoms with Crippen molar-refractivity contribution < 1.29 is 31.5 Å². The zero-order valence-electron chi connectivity index (χ0n) is 11.7. The molecule has 0 aromatic rings. The summed E-state index contributed by atoms with van der Waals surface area (Å²) in [6, 6.07) is 0. The summed E-state index contributed by atoms with van der Waals surface area (Å²) in [6.07, 6.45) is -0.836. The van der Waals surface area contributed by atoms with Crippen LogP contribution in [0, 0.1) is 0 Å². The van der Waals surface area contributed by atoms with Gasteiger partial charge in [0.15, 0.2) is 0 Å². The topological polar surface area (TPSA) is 26.3 Å². The number of hydrogen-bond acceptors (Lipinski definition) is 2. The first-order valence-electron chi connectivity index (χ1n) is 6.78. The molecule has 20 heavy (non-hydrogen) atoms. The summed E-state index contributed by atoms with van der Waals surface area (Å²) in [5, 5.41) is 0. The van der Waals surface area contributed by atoms with Gasteiger partial charge < -0.3 is 4.74 Å². The summed E-state index contributed by atoms with van der Waals surface area (Å²) >= 11 is 0. The maximum Gasteiger partial charge on any atom is 0.465 e. The van der Waals surface area contributed by atoms with Crippen LogP contribution in [0.1, 0.15) is 58.8 Å². The summed E-state index contributed by atoms with van der Waals surface area (Å²) < 4.78 is 65.1. The van der Waals surface area contributed by atoms with E-state index >= 15 is 0 Å². The van der Waals surface area contributed by atoms with Gasteiger partial charge in [0, 0.05) is 0 Å². The van der Waals surface area contributed by atoms with Crippen molar-refractivity contribution in [3.05, 3.63) is 0 Å². The summed E-state index contributed by atoms with van der Waals surface area (Å²) in [6.45, 7) is 3.39. The van der Waals surface area contributed by atoms with Crippen LogP contribution in [-0.2, 0) is 9.53 Å². The summed E-state index contributed by atoms with van der Waals surface area (Å²) in [5.41, 5.74) is 0. The molecule has 0 N–H and O–H groups in total. The lowest BCUT2D eigenvalue weighted by molar-refractivity contribution is -0.282. The fraction of sp³-hybridized carbons (Fsp3) is 0.923. The van der Waals surface area contributed by atoms with Crippen LogP contribution in [0.5, 0.6) is 0 Å². The minimum Gasteiger partial charge on any atom is -0.458 e. The van der Waals surface area contributed by atoms with Gasteiger partial charge in [-0.15, -0.1) is 0 Å². The van der Waals surface area contributed by atoms with E-state index in [9.17, 15) is 26.7 Å². The lowest BCUT2D eigenvalue weighted by atomic mass is 10.1. The summed E-state index contributed by atoms with van der Waals surface area (Å²) in [7, 11) is 0. The van der Waals surface area contributed by atoms with Crippen LogP contribution in [0.3, 0.4) is 0 Å². The predicted octanol–water partition coefficient (Wildman–Crippen LogP) is 4.87. The molecule has 0 rings (SSSR count). The van der Waals surface area contributed by atoms with Crippen molar-refractivity contribution in [2.24, 2.45) is 0 Å². The van der Waals surface area contributed by atoms with E-state index in [4.69, 9.17) is 0 Å². The number of ether oxygens (including phenoxy) is 1. The number of esters is 1. The van der Waals surface area contributed by atoms with Crippen molar-refractivity contribution in [3.8, 4) is 0 Å². The SMILES string of the molecule is CCCCCCCCC(C)OC(=O)C(F)(F)C(F)(F)F. The number of unbranched alkanes of at least 4 members (excludes halogenated alkanes) is 5. The second-order valence-electron chi connectivity index (χ2n) is 4.84. The van der Waals surface area contributed by atoms with E-state index < -0.39 is 24.2 Å². The first kappa shape index (κ1) is 19.1. The van der Waals surface area contributed by atoms with Gasteiger partial charge in [0.05, 0.1) is 6.10 Å².